The van der Waals surface area contributed by atoms with Crippen molar-refractivity contribution in [2.24, 2.45) is 5.14 Å². The van der Waals surface area contributed by atoms with Gasteiger partial charge in [-0.05, 0) is 42.1 Å². The van der Waals surface area contributed by atoms with E-state index in [1.165, 1.54) is 12.1 Å². The second-order valence-electron chi connectivity index (χ2n) is 6.19. The summed E-state index contributed by atoms with van der Waals surface area (Å²) in [7, 11) is -3.67. The van der Waals surface area contributed by atoms with Gasteiger partial charge in [0.05, 0.1) is 11.4 Å². The molecule has 3 aromatic carbocycles. The number of sulfonamides is 1. The third-order valence-electron chi connectivity index (χ3n) is 4.19. The van der Waals surface area contributed by atoms with Gasteiger partial charge in [0.1, 0.15) is 0 Å². The van der Waals surface area contributed by atoms with Gasteiger partial charge in [0.15, 0.2) is 0 Å². The Bertz CT molecular complexity index is 1040. The van der Waals surface area contributed by atoms with Crippen molar-refractivity contribution in [3.05, 3.63) is 72.3 Å². The van der Waals surface area contributed by atoms with E-state index in [0.717, 1.165) is 22.0 Å². The molecule has 0 aliphatic rings. The predicted octanol–water partition coefficient (Wildman–Crippen LogP) is 2.26. The average Bonchev–Trinajstić information content (AvgIpc) is 2.65. The van der Waals surface area contributed by atoms with Crippen molar-refractivity contribution < 1.29 is 13.2 Å². The van der Waals surface area contributed by atoms with Crippen LogP contribution >= 0.6 is 0 Å². The summed E-state index contributed by atoms with van der Waals surface area (Å²) in [6.45, 7) is 0.788. The lowest BCUT2D eigenvalue weighted by Crippen LogP contribution is -2.29. The van der Waals surface area contributed by atoms with Gasteiger partial charge in [-0.25, -0.2) is 13.6 Å². The van der Waals surface area contributed by atoms with Gasteiger partial charge in [0.2, 0.25) is 15.9 Å². The summed E-state index contributed by atoms with van der Waals surface area (Å²) in [4.78, 5) is 12.3. The molecule has 6 nitrogen and oxygen atoms in total. The van der Waals surface area contributed by atoms with E-state index in [2.05, 4.69) is 10.6 Å². The molecule has 0 unspecified atom stereocenters. The predicted molar refractivity (Wildman–Crippen MR) is 107 cm³/mol. The average molecular weight is 383 g/mol. The van der Waals surface area contributed by atoms with Crippen molar-refractivity contribution in [2.45, 2.75) is 11.3 Å². The van der Waals surface area contributed by atoms with Crippen molar-refractivity contribution in [1.29, 1.82) is 0 Å². The fourth-order valence-electron chi connectivity index (χ4n) is 2.81. The van der Waals surface area contributed by atoms with E-state index in [1.54, 1.807) is 12.1 Å². The normalized spacial score (nSPS) is 11.4. The molecular formula is C20H21N3O3S. The van der Waals surface area contributed by atoms with E-state index >= 15 is 0 Å². The number of fused-ring (bicyclic) bond motifs is 1. The summed E-state index contributed by atoms with van der Waals surface area (Å²) < 4.78 is 22.5. The number of benzene rings is 3. The lowest BCUT2D eigenvalue weighted by Gasteiger charge is -2.09. The number of rotatable bonds is 7. The molecular weight excluding hydrogens is 362 g/mol. The molecule has 0 radical (unpaired) electrons. The van der Waals surface area contributed by atoms with Gasteiger partial charge in [-0.1, -0.05) is 48.5 Å². The number of primary sulfonamides is 1. The summed E-state index contributed by atoms with van der Waals surface area (Å²) in [6, 6.07) is 20.1. The van der Waals surface area contributed by atoms with Crippen LogP contribution in [-0.4, -0.2) is 27.4 Å². The van der Waals surface area contributed by atoms with Gasteiger partial charge in [0.25, 0.3) is 0 Å². The second kappa shape index (κ2) is 8.30. The molecule has 0 spiro atoms. The molecule has 0 fully saturated rings. The minimum Gasteiger partial charge on any atom is -0.324 e. The molecule has 0 aromatic heterocycles. The molecule has 27 heavy (non-hydrogen) atoms. The first-order valence-corrected chi connectivity index (χ1v) is 10.1. The lowest BCUT2D eigenvalue weighted by molar-refractivity contribution is -0.115. The van der Waals surface area contributed by atoms with Gasteiger partial charge < -0.3 is 10.6 Å². The highest BCUT2D eigenvalue weighted by Gasteiger charge is 2.07. The van der Waals surface area contributed by atoms with E-state index in [4.69, 9.17) is 5.14 Å². The Morgan fingerprint density at radius 1 is 0.926 bits per heavy atom. The zero-order chi connectivity index (χ0) is 19.3. The summed E-state index contributed by atoms with van der Waals surface area (Å²) in [5, 5.41) is 13.2. The highest BCUT2D eigenvalue weighted by molar-refractivity contribution is 7.89. The molecule has 0 heterocycles. The highest BCUT2D eigenvalue weighted by Crippen LogP contribution is 2.22. The number of carbonyl (C=O) groups excluding carboxylic acids is 1. The molecule has 140 valence electrons. The maximum absolute atomic E-state index is 12.2. The molecule has 0 aliphatic carbocycles. The zero-order valence-electron chi connectivity index (χ0n) is 14.7. The number of amides is 1. The van der Waals surface area contributed by atoms with E-state index in [1.807, 2.05) is 42.5 Å². The minimum absolute atomic E-state index is 0.0914. The number of nitrogens with two attached hydrogens (primary N) is 1. The molecule has 1 amide bonds. The van der Waals surface area contributed by atoms with Crippen molar-refractivity contribution in [3.63, 3.8) is 0 Å². The molecule has 0 bridgehead atoms. The lowest BCUT2D eigenvalue weighted by atomic mass is 10.1. The molecule has 0 saturated heterocycles. The van der Waals surface area contributed by atoms with Crippen LogP contribution in [0.25, 0.3) is 10.8 Å². The van der Waals surface area contributed by atoms with Crippen molar-refractivity contribution in [1.82, 2.24) is 5.32 Å². The van der Waals surface area contributed by atoms with Crippen LogP contribution in [0.2, 0.25) is 0 Å². The summed E-state index contributed by atoms with van der Waals surface area (Å²) in [6.07, 6.45) is 0.673. The maximum Gasteiger partial charge on any atom is 0.238 e. The summed E-state index contributed by atoms with van der Waals surface area (Å²) >= 11 is 0. The Hall–Kier alpha value is -2.74. The number of hydrogen-bond acceptors (Lipinski definition) is 4. The van der Waals surface area contributed by atoms with Gasteiger partial charge >= 0.3 is 0 Å². The molecule has 7 heteroatoms. The van der Waals surface area contributed by atoms with Crippen LogP contribution < -0.4 is 15.8 Å². The van der Waals surface area contributed by atoms with Crippen LogP contribution in [0.1, 0.15) is 5.56 Å². The standard InChI is InChI=1S/C20H21N3O3S/c21-27(25,26)17-10-8-15(9-11-17)12-13-22-14-20(24)23-19-7-3-5-16-4-1-2-6-18(16)19/h1-11,22H,12-14H2,(H,23,24)(H2,21,25,26). The first-order chi connectivity index (χ1) is 12.9. The second-order valence-corrected chi connectivity index (χ2v) is 7.75. The first-order valence-electron chi connectivity index (χ1n) is 8.53. The number of anilines is 1. The third-order valence-corrected chi connectivity index (χ3v) is 5.12. The number of carbonyl (C=O) groups is 1. The smallest absolute Gasteiger partial charge is 0.238 e. The van der Waals surface area contributed by atoms with E-state index in [-0.39, 0.29) is 17.3 Å². The number of hydrogen-bond donors (Lipinski definition) is 3. The third kappa shape index (κ3) is 5.13. The van der Waals surface area contributed by atoms with Gasteiger partial charge in [-0.15, -0.1) is 0 Å². The topological polar surface area (TPSA) is 101 Å². The highest BCUT2D eigenvalue weighted by atomic mass is 32.2. The molecule has 0 aliphatic heterocycles. The first kappa shape index (κ1) is 19.0. The Kier molecular flexibility index (Phi) is 5.85. The van der Waals surface area contributed by atoms with Gasteiger partial charge in [-0.2, -0.15) is 0 Å². The van der Waals surface area contributed by atoms with E-state index < -0.39 is 10.0 Å². The van der Waals surface area contributed by atoms with E-state index in [9.17, 15) is 13.2 Å². The fourth-order valence-corrected chi connectivity index (χ4v) is 3.32. The van der Waals surface area contributed by atoms with Crippen LogP contribution in [-0.2, 0) is 21.2 Å². The Morgan fingerprint density at radius 3 is 2.37 bits per heavy atom. The maximum atomic E-state index is 12.2. The Labute approximate surface area is 158 Å². The number of nitrogens with one attached hydrogen (secondary N) is 2. The van der Waals surface area contributed by atoms with Crippen LogP contribution in [0, 0.1) is 0 Å². The van der Waals surface area contributed by atoms with Gasteiger partial charge in [-0.3, -0.25) is 4.79 Å². The van der Waals surface area contributed by atoms with Crippen LogP contribution in [0.4, 0.5) is 5.69 Å². The SMILES string of the molecule is NS(=O)(=O)c1ccc(CCNCC(=O)Nc2cccc3ccccc23)cc1. The fraction of sp³-hybridized carbons (Fsp3) is 0.150. The Balaban J connectivity index is 1.48. The minimum atomic E-state index is -3.67. The quantitative estimate of drug-likeness (QED) is 0.545. The molecule has 3 aromatic rings. The molecule has 0 atom stereocenters. The van der Waals surface area contributed by atoms with E-state index in [0.29, 0.717) is 13.0 Å². The molecule has 3 rings (SSSR count). The van der Waals surface area contributed by atoms with Crippen molar-refractivity contribution >= 4 is 32.4 Å². The Morgan fingerprint density at radius 2 is 1.63 bits per heavy atom. The largest absolute Gasteiger partial charge is 0.324 e. The summed E-state index contributed by atoms with van der Waals surface area (Å²) in [5.41, 5.74) is 1.75. The van der Waals surface area contributed by atoms with Crippen molar-refractivity contribution in [3.8, 4) is 0 Å². The molecule has 0 saturated carbocycles. The van der Waals surface area contributed by atoms with Crippen molar-refractivity contribution in [2.75, 3.05) is 18.4 Å². The monoisotopic (exact) mass is 383 g/mol. The zero-order valence-corrected chi connectivity index (χ0v) is 15.5. The molecule has 4 N–H and O–H groups in total. The van der Waals surface area contributed by atoms with Crippen LogP contribution in [0.15, 0.2) is 71.6 Å². The van der Waals surface area contributed by atoms with Crippen LogP contribution in [0.3, 0.4) is 0 Å². The van der Waals surface area contributed by atoms with Crippen LogP contribution in [0.5, 0.6) is 0 Å². The van der Waals surface area contributed by atoms with Gasteiger partial charge in [0, 0.05) is 11.1 Å². The summed E-state index contributed by atoms with van der Waals surface area (Å²) in [5.74, 6) is -0.115.